The Bertz CT molecular complexity index is 556. The van der Waals surface area contributed by atoms with Crippen molar-refractivity contribution in [3.05, 3.63) is 35.4 Å². The first-order valence-corrected chi connectivity index (χ1v) is 8.75. The van der Waals surface area contributed by atoms with Gasteiger partial charge in [0.1, 0.15) is 0 Å². The van der Waals surface area contributed by atoms with Gasteiger partial charge in [-0.05, 0) is 30.5 Å². The molecule has 0 amide bonds. The number of nitrogens with one attached hydrogen (secondary N) is 2. The van der Waals surface area contributed by atoms with Crippen molar-refractivity contribution in [3.8, 4) is 0 Å². The molecule has 1 aliphatic heterocycles. The SMILES string of the molecule is CN=C(NCCCOCC1CCOC1)NCc1ccc(C(F)(F)F)cc1. The zero-order valence-corrected chi connectivity index (χ0v) is 14.9. The molecule has 1 atom stereocenters. The van der Waals surface area contributed by atoms with Crippen molar-refractivity contribution in [3.63, 3.8) is 0 Å². The number of halogens is 3. The molecule has 0 saturated carbocycles. The Morgan fingerprint density at radius 2 is 2.04 bits per heavy atom. The third kappa shape index (κ3) is 7.21. The van der Waals surface area contributed by atoms with Gasteiger partial charge in [0.15, 0.2) is 5.96 Å². The third-order valence-electron chi connectivity index (χ3n) is 4.10. The molecule has 1 saturated heterocycles. The van der Waals surface area contributed by atoms with E-state index < -0.39 is 11.7 Å². The van der Waals surface area contributed by atoms with Crippen molar-refractivity contribution in [2.24, 2.45) is 10.9 Å². The molecule has 1 aromatic carbocycles. The molecular weight excluding hydrogens is 347 g/mol. The summed E-state index contributed by atoms with van der Waals surface area (Å²) in [5, 5.41) is 6.24. The average molecular weight is 373 g/mol. The van der Waals surface area contributed by atoms with Gasteiger partial charge in [0.25, 0.3) is 0 Å². The summed E-state index contributed by atoms with van der Waals surface area (Å²) >= 11 is 0. The van der Waals surface area contributed by atoms with E-state index >= 15 is 0 Å². The van der Waals surface area contributed by atoms with Gasteiger partial charge in [-0.1, -0.05) is 12.1 Å². The number of ether oxygens (including phenoxy) is 2. The summed E-state index contributed by atoms with van der Waals surface area (Å²) in [5.41, 5.74) is 0.107. The van der Waals surface area contributed by atoms with Crippen LogP contribution in [0.2, 0.25) is 0 Å². The molecule has 1 aliphatic rings. The van der Waals surface area contributed by atoms with Gasteiger partial charge in [0.05, 0.1) is 18.8 Å². The molecule has 1 heterocycles. The molecule has 146 valence electrons. The molecule has 1 unspecified atom stereocenters. The minimum absolute atomic E-state index is 0.399. The van der Waals surface area contributed by atoms with Crippen LogP contribution in [0.3, 0.4) is 0 Å². The molecule has 0 aromatic heterocycles. The van der Waals surface area contributed by atoms with Gasteiger partial charge in [-0.15, -0.1) is 0 Å². The van der Waals surface area contributed by atoms with Crippen LogP contribution in [0.4, 0.5) is 13.2 Å². The number of hydrogen-bond donors (Lipinski definition) is 2. The van der Waals surface area contributed by atoms with Gasteiger partial charge in [0.2, 0.25) is 0 Å². The summed E-state index contributed by atoms with van der Waals surface area (Å²) in [4.78, 5) is 4.10. The molecule has 0 spiro atoms. The zero-order valence-electron chi connectivity index (χ0n) is 14.9. The fourth-order valence-electron chi connectivity index (χ4n) is 2.56. The molecule has 0 aliphatic carbocycles. The number of hydrogen-bond acceptors (Lipinski definition) is 3. The van der Waals surface area contributed by atoms with Crippen LogP contribution in [0.15, 0.2) is 29.3 Å². The van der Waals surface area contributed by atoms with Gasteiger partial charge in [-0.2, -0.15) is 13.2 Å². The van der Waals surface area contributed by atoms with E-state index in [4.69, 9.17) is 9.47 Å². The molecule has 1 fully saturated rings. The lowest BCUT2D eigenvalue weighted by molar-refractivity contribution is -0.137. The number of benzene rings is 1. The van der Waals surface area contributed by atoms with E-state index in [-0.39, 0.29) is 0 Å². The predicted molar refractivity (Wildman–Crippen MR) is 94.0 cm³/mol. The van der Waals surface area contributed by atoms with Crippen LogP contribution in [0.5, 0.6) is 0 Å². The summed E-state index contributed by atoms with van der Waals surface area (Å²) < 4.78 is 48.6. The Kier molecular flexibility index (Phi) is 8.18. The lowest BCUT2D eigenvalue weighted by Gasteiger charge is -2.13. The van der Waals surface area contributed by atoms with Crippen LogP contribution >= 0.6 is 0 Å². The Morgan fingerprint density at radius 1 is 1.27 bits per heavy atom. The molecule has 0 radical (unpaired) electrons. The second-order valence-corrected chi connectivity index (χ2v) is 6.21. The molecule has 26 heavy (non-hydrogen) atoms. The maximum absolute atomic E-state index is 12.5. The first-order chi connectivity index (χ1) is 12.5. The van der Waals surface area contributed by atoms with Crippen molar-refractivity contribution in [2.75, 3.05) is 40.0 Å². The van der Waals surface area contributed by atoms with E-state index in [2.05, 4.69) is 15.6 Å². The van der Waals surface area contributed by atoms with Crippen LogP contribution in [0.1, 0.15) is 24.0 Å². The molecule has 5 nitrogen and oxygen atoms in total. The zero-order chi connectivity index (χ0) is 18.8. The van der Waals surface area contributed by atoms with Gasteiger partial charge in [-0.3, -0.25) is 4.99 Å². The molecule has 8 heteroatoms. The third-order valence-corrected chi connectivity index (χ3v) is 4.10. The van der Waals surface area contributed by atoms with Crippen molar-refractivity contribution < 1.29 is 22.6 Å². The first-order valence-electron chi connectivity index (χ1n) is 8.75. The highest BCUT2D eigenvalue weighted by atomic mass is 19.4. The lowest BCUT2D eigenvalue weighted by Crippen LogP contribution is -2.37. The summed E-state index contributed by atoms with van der Waals surface area (Å²) in [7, 11) is 1.65. The van der Waals surface area contributed by atoms with Gasteiger partial charge < -0.3 is 20.1 Å². The van der Waals surface area contributed by atoms with E-state index in [1.807, 2.05) is 0 Å². The van der Waals surface area contributed by atoms with Gasteiger partial charge in [-0.25, -0.2) is 0 Å². The largest absolute Gasteiger partial charge is 0.416 e. The van der Waals surface area contributed by atoms with E-state index in [1.54, 1.807) is 7.05 Å². The summed E-state index contributed by atoms with van der Waals surface area (Å²) in [6.45, 7) is 4.12. The lowest BCUT2D eigenvalue weighted by atomic mass is 10.1. The Morgan fingerprint density at radius 3 is 2.65 bits per heavy atom. The summed E-state index contributed by atoms with van der Waals surface area (Å²) in [5.74, 6) is 1.12. The Balaban J connectivity index is 1.60. The monoisotopic (exact) mass is 373 g/mol. The first kappa shape index (κ1) is 20.5. The number of rotatable bonds is 8. The van der Waals surface area contributed by atoms with Crippen LogP contribution in [-0.2, 0) is 22.2 Å². The number of aliphatic imine (C=N–C) groups is 1. The van der Waals surface area contributed by atoms with Crippen molar-refractivity contribution in [1.29, 1.82) is 0 Å². The average Bonchev–Trinajstić information content (AvgIpc) is 3.13. The summed E-state index contributed by atoms with van der Waals surface area (Å²) in [6, 6.07) is 5.09. The molecule has 2 rings (SSSR count). The number of guanidine groups is 1. The highest BCUT2D eigenvalue weighted by Gasteiger charge is 2.29. The number of nitrogens with zero attached hydrogens (tertiary/aromatic N) is 1. The van der Waals surface area contributed by atoms with Crippen molar-refractivity contribution >= 4 is 5.96 Å². The summed E-state index contributed by atoms with van der Waals surface area (Å²) in [6.07, 6.45) is -2.40. The minimum atomic E-state index is -4.31. The van der Waals surface area contributed by atoms with Crippen LogP contribution in [0, 0.1) is 5.92 Å². The van der Waals surface area contributed by atoms with Crippen molar-refractivity contribution in [2.45, 2.75) is 25.6 Å². The van der Waals surface area contributed by atoms with Crippen LogP contribution in [-0.4, -0.2) is 46.0 Å². The fourth-order valence-corrected chi connectivity index (χ4v) is 2.56. The van der Waals surface area contributed by atoms with Crippen LogP contribution in [0.25, 0.3) is 0 Å². The van der Waals surface area contributed by atoms with E-state index in [0.29, 0.717) is 31.6 Å². The predicted octanol–water partition coefficient (Wildman–Crippen LogP) is 2.81. The highest BCUT2D eigenvalue weighted by Crippen LogP contribution is 2.29. The van der Waals surface area contributed by atoms with E-state index in [1.165, 1.54) is 12.1 Å². The minimum Gasteiger partial charge on any atom is -0.381 e. The second-order valence-electron chi connectivity index (χ2n) is 6.21. The van der Waals surface area contributed by atoms with E-state index in [9.17, 15) is 13.2 Å². The molecular formula is C18H26F3N3O2. The quantitative estimate of drug-likeness (QED) is 0.418. The fraction of sp³-hybridized carbons (Fsp3) is 0.611. The second kappa shape index (κ2) is 10.4. The standard InChI is InChI=1S/C18H26F3N3O2/c1-22-17(23-8-2-9-25-12-15-7-10-26-13-15)24-11-14-3-5-16(6-4-14)18(19,20)21/h3-6,15H,2,7-13H2,1H3,(H2,22,23,24). The topological polar surface area (TPSA) is 54.9 Å². The Labute approximate surface area is 152 Å². The highest BCUT2D eigenvalue weighted by molar-refractivity contribution is 5.79. The molecule has 1 aromatic rings. The molecule has 0 bridgehead atoms. The number of alkyl halides is 3. The normalized spacial score (nSPS) is 18.2. The van der Waals surface area contributed by atoms with Crippen LogP contribution < -0.4 is 10.6 Å². The van der Waals surface area contributed by atoms with Gasteiger partial charge in [0, 0.05) is 39.3 Å². The van der Waals surface area contributed by atoms with Gasteiger partial charge >= 0.3 is 6.18 Å². The van der Waals surface area contributed by atoms with Crippen molar-refractivity contribution in [1.82, 2.24) is 10.6 Å². The maximum Gasteiger partial charge on any atom is 0.416 e. The maximum atomic E-state index is 12.5. The molecule has 2 N–H and O–H groups in total. The smallest absolute Gasteiger partial charge is 0.381 e. The van der Waals surface area contributed by atoms with E-state index in [0.717, 1.165) is 50.4 Å². The Hall–Kier alpha value is -1.80.